The fourth-order valence-corrected chi connectivity index (χ4v) is 4.78. The van der Waals surface area contributed by atoms with Gasteiger partial charge in [0.2, 0.25) is 0 Å². The molecule has 1 aliphatic carbocycles. The van der Waals surface area contributed by atoms with Gasteiger partial charge in [0.15, 0.2) is 0 Å². The van der Waals surface area contributed by atoms with Gasteiger partial charge in [0.05, 0.1) is 12.2 Å². The highest BCUT2D eigenvalue weighted by molar-refractivity contribution is 5.53. The number of rotatable bonds is 7. The van der Waals surface area contributed by atoms with Gasteiger partial charge in [-0.05, 0) is 43.7 Å². The summed E-state index contributed by atoms with van der Waals surface area (Å²) in [6, 6.07) is 9.18. The lowest BCUT2D eigenvalue weighted by molar-refractivity contribution is -0.106. The van der Waals surface area contributed by atoms with Crippen molar-refractivity contribution in [2.45, 2.75) is 70.7 Å². The zero-order valence-corrected chi connectivity index (χ0v) is 16.0. The van der Waals surface area contributed by atoms with Crippen LogP contribution in [0.3, 0.4) is 0 Å². The molecule has 2 N–H and O–H groups in total. The fraction of sp³-hybridized carbons (Fsp3) is 0.714. The molecule has 140 valence electrons. The van der Waals surface area contributed by atoms with Crippen molar-refractivity contribution in [2.75, 3.05) is 25.5 Å². The summed E-state index contributed by atoms with van der Waals surface area (Å²) in [6.07, 6.45) is 5.42. The summed E-state index contributed by atoms with van der Waals surface area (Å²) in [5, 5.41) is 13.6. The second kappa shape index (κ2) is 8.07. The average Bonchev–Trinajstić information content (AvgIpc) is 2.62. The van der Waals surface area contributed by atoms with Gasteiger partial charge >= 0.3 is 0 Å². The summed E-state index contributed by atoms with van der Waals surface area (Å²) in [6.45, 7) is 7.50. The molecular formula is C21H34N2O2. The first-order chi connectivity index (χ1) is 12.1. The number of hydrogen-bond acceptors (Lipinski definition) is 4. The molecule has 3 rings (SSSR count). The van der Waals surface area contributed by atoms with Crippen LogP contribution in [0.2, 0.25) is 0 Å². The van der Waals surface area contributed by atoms with E-state index < -0.39 is 0 Å². The topological polar surface area (TPSA) is 44.7 Å². The van der Waals surface area contributed by atoms with Crippen molar-refractivity contribution in [3.63, 3.8) is 0 Å². The maximum absolute atomic E-state index is 9.72. The third-order valence-corrected chi connectivity index (χ3v) is 6.68. The number of nitrogens with zero attached hydrogens (tertiary/aromatic N) is 1. The van der Waals surface area contributed by atoms with E-state index in [1.165, 1.54) is 11.3 Å². The van der Waals surface area contributed by atoms with E-state index in [1.54, 1.807) is 0 Å². The lowest BCUT2D eigenvalue weighted by atomic mass is 9.58. The number of anilines is 1. The van der Waals surface area contributed by atoms with E-state index in [1.807, 2.05) is 7.11 Å². The maximum Gasteiger partial charge on any atom is 0.0666 e. The molecule has 1 aliphatic heterocycles. The second-order valence-electron chi connectivity index (χ2n) is 7.76. The van der Waals surface area contributed by atoms with Crippen LogP contribution in [0, 0.1) is 5.41 Å². The Bertz CT molecular complexity index is 551. The maximum atomic E-state index is 9.72. The molecule has 4 nitrogen and oxygen atoms in total. The minimum atomic E-state index is -0.111. The lowest BCUT2D eigenvalue weighted by Gasteiger charge is -2.55. The molecule has 4 heteroatoms. The zero-order chi connectivity index (χ0) is 17.9. The average molecular weight is 347 g/mol. The Morgan fingerprint density at radius 1 is 1.20 bits per heavy atom. The fourth-order valence-electron chi connectivity index (χ4n) is 4.78. The van der Waals surface area contributed by atoms with E-state index >= 15 is 0 Å². The Morgan fingerprint density at radius 3 is 2.52 bits per heavy atom. The number of benzene rings is 1. The molecule has 25 heavy (non-hydrogen) atoms. The Kier molecular flexibility index (Phi) is 6.03. The van der Waals surface area contributed by atoms with Crippen LogP contribution in [-0.2, 0) is 11.3 Å². The van der Waals surface area contributed by atoms with Crippen molar-refractivity contribution in [1.29, 1.82) is 0 Å². The van der Waals surface area contributed by atoms with Gasteiger partial charge in [-0.25, -0.2) is 0 Å². The van der Waals surface area contributed by atoms with E-state index in [0.717, 1.165) is 51.7 Å². The van der Waals surface area contributed by atoms with E-state index in [0.29, 0.717) is 12.1 Å². The monoisotopic (exact) mass is 346 g/mol. The number of para-hydroxylation sites is 1. The number of nitrogens with one attached hydrogen (secondary N) is 1. The first kappa shape index (κ1) is 18.7. The molecule has 0 aromatic heterocycles. The van der Waals surface area contributed by atoms with Crippen LogP contribution in [0.15, 0.2) is 24.3 Å². The van der Waals surface area contributed by atoms with Crippen LogP contribution in [0.5, 0.6) is 0 Å². The molecule has 1 aromatic rings. The van der Waals surface area contributed by atoms with Gasteiger partial charge in [0, 0.05) is 43.9 Å². The number of piperidine rings is 1. The summed E-state index contributed by atoms with van der Waals surface area (Å²) in [5.41, 5.74) is 2.87. The predicted octanol–water partition coefficient (Wildman–Crippen LogP) is 3.65. The minimum absolute atomic E-state index is 0.111. The Labute approximate surface area is 152 Å². The van der Waals surface area contributed by atoms with Crippen LogP contribution in [0.1, 0.15) is 51.5 Å². The number of methoxy groups -OCH3 is 1. The third-order valence-electron chi connectivity index (χ3n) is 6.68. The van der Waals surface area contributed by atoms with E-state index in [9.17, 15) is 5.11 Å². The summed E-state index contributed by atoms with van der Waals surface area (Å²) in [5.74, 6) is 0. The molecule has 2 aliphatic rings. The summed E-state index contributed by atoms with van der Waals surface area (Å²) in [7, 11) is 1.85. The van der Waals surface area contributed by atoms with Crippen LogP contribution < -0.4 is 5.32 Å². The van der Waals surface area contributed by atoms with E-state index in [2.05, 4.69) is 48.3 Å². The number of likely N-dealkylation sites (tertiary alicyclic amines) is 1. The summed E-state index contributed by atoms with van der Waals surface area (Å²) in [4.78, 5) is 2.46. The number of ether oxygens (including phenoxy) is 1. The van der Waals surface area contributed by atoms with Crippen LogP contribution in [0.25, 0.3) is 0 Å². The van der Waals surface area contributed by atoms with Crippen molar-refractivity contribution in [3.05, 3.63) is 29.8 Å². The number of aliphatic hydroxyl groups is 1. The Hall–Kier alpha value is -1.10. The number of hydrogen-bond donors (Lipinski definition) is 2. The van der Waals surface area contributed by atoms with Crippen LogP contribution >= 0.6 is 0 Å². The van der Waals surface area contributed by atoms with Crippen molar-refractivity contribution >= 4 is 5.69 Å². The van der Waals surface area contributed by atoms with E-state index in [-0.39, 0.29) is 11.5 Å². The van der Waals surface area contributed by atoms with Crippen molar-refractivity contribution in [2.24, 2.45) is 5.41 Å². The molecule has 0 spiro atoms. The van der Waals surface area contributed by atoms with Gasteiger partial charge < -0.3 is 15.2 Å². The van der Waals surface area contributed by atoms with Gasteiger partial charge in [-0.3, -0.25) is 4.90 Å². The highest BCUT2D eigenvalue weighted by Gasteiger charge is 2.53. The normalized spacial score (nSPS) is 27.0. The molecule has 0 radical (unpaired) electrons. The second-order valence-corrected chi connectivity index (χ2v) is 7.76. The molecule has 2 unspecified atom stereocenters. The Morgan fingerprint density at radius 2 is 1.88 bits per heavy atom. The van der Waals surface area contributed by atoms with Gasteiger partial charge in [0.1, 0.15) is 0 Å². The molecule has 2 atom stereocenters. The van der Waals surface area contributed by atoms with Gasteiger partial charge in [0.25, 0.3) is 0 Å². The highest BCUT2D eigenvalue weighted by atomic mass is 16.5. The van der Waals surface area contributed by atoms with Crippen molar-refractivity contribution < 1.29 is 9.84 Å². The quantitative estimate of drug-likeness (QED) is 0.791. The molecule has 2 fully saturated rings. The van der Waals surface area contributed by atoms with E-state index in [4.69, 9.17) is 4.74 Å². The minimum Gasteiger partial charge on any atom is -0.393 e. The van der Waals surface area contributed by atoms with Crippen LogP contribution in [0.4, 0.5) is 5.69 Å². The SMILES string of the molecule is CCC1(CC)C(Nc2ccccc2CN2CCC(O)CC2)CC1OC. The molecule has 1 saturated heterocycles. The largest absolute Gasteiger partial charge is 0.393 e. The summed E-state index contributed by atoms with van der Waals surface area (Å²) >= 11 is 0. The number of aliphatic hydroxyl groups excluding tert-OH is 1. The highest BCUT2D eigenvalue weighted by Crippen LogP contribution is 2.50. The van der Waals surface area contributed by atoms with Gasteiger partial charge in [-0.15, -0.1) is 0 Å². The Balaban J connectivity index is 1.69. The summed E-state index contributed by atoms with van der Waals surface area (Å²) < 4.78 is 5.74. The molecule has 1 saturated carbocycles. The van der Waals surface area contributed by atoms with Gasteiger partial charge in [-0.2, -0.15) is 0 Å². The third kappa shape index (κ3) is 3.71. The molecule has 1 heterocycles. The molecular weight excluding hydrogens is 312 g/mol. The molecule has 1 aromatic carbocycles. The predicted molar refractivity (Wildman–Crippen MR) is 103 cm³/mol. The first-order valence-corrected chi connectivity index (χ1v) is 9.90. The lowest BCUT2D eigenvalue weighted by Crippen LogP contribution is -2.60. The van der Waals surface area contributed by atoms with Crippen molar-refractivity contribution in [1.82, 2.24) is 4.90 Å². The smallest absolute Gasteiger partial charge is 0.0666 e. The van der Waals surface area contributed by atoms with Crippen molar-refractivity contribution in [3.8, 4) is 0 Å². The standard InChI is InChI=1S/C21H34N2O2/c1-4-21(5-2)19(14-20(21)25-3)22-18-9-7-6-8-16(18)15-23-12-10-17(24)11-13-23/h6-9,17,19-20,22,24H,4-5,10-15H2,1-3H3. The molecule has 0 bridgehead atoms. The van der Waals surface area contributed by atoms with Crippen LogP contribution in [-0.4, -0.2) is 48.5 Å². The van der Waals surface area contributed by atoms with Gasteiger partial charge in [-0.1, -0.05) is 32.0 Å². The zero-order valence-electron chi connectivity index (χ0n) is 16.0. The molecule has 0 amide bonds. The first-order valence-electron chi connectivity index (χ1n) is 9.90.